The highest BCUT2D eigenvalue weighted by Gasteiger charge is 2.45. The molecule has 5 rings (SSSR count). The van der Waals surface area contributed by atoms with Gasteiger partial charge in [0.25, 0.3) is 0 Å². The first-order valence-corrected chi connectivity index (χ1v) is 14.0. The third-order valence-electron chi connectivity index (χ3n) is 7.07. The molecule has 0 saturated heterocycles. The van der Waals surface area contributed by atoms with Gasteiger partial charge in [-0.1, -0.05) is 98.1 Å². The molecule has 4 aromatic rings. The monoisotopic (exact) mass is 435 g/mol. The lowest BCUT2D eigenvalue weighted by Gasteiger charge is -2.28. The predicted octanol–water partition coefficient (Wildman–Crippen LogP) is 7.23. The van der Waals surface area contributed by atoms with Gasteiger partial charge in [0.15, 0.2) is 0 Å². The summed E-state index contributed by atoms with van der Waals surface area (Å²) in [5.41, 5.74) is 2.98. The van der Waals surface area contributed by atoms with E-state index in [4.69, 9.17) is 0 Å². The molecule has 0 amide bonds. The molecule has 0 unspecified atom stereocenters. The van der Waals surface area contributed by atoms with Crippen molar-refractivity contribution >= 4 is 23.2 Å². The Morgan fingerprint density at radius 3 is 1.38 bits per heavy atom. The van der Waals surface area contributed by atoms with Crippen molar-refractivity contribution in [2.24, 2.45) is 0 Å². The molecule has 1 heteroatoms. The van der Waals surface area contributed by atoms with Gasteiger partial charge in [0.05, 0.1) is 6.16 Å². The first kappa shape index (κ1) is 21.2. The van der Waals surface area contributed by atoms with Gasteiger partial charge in [0.1, 0.15) is 23.2 Å². The molecule has 0 heterocycles. The van der Waals surface area contributed by atoms with Gasteiger partial charge >= 0.3 is 0 Å². The van der Waals surface area contributed by atoms with E-state index in [0.717, 1.165) is 12.1 Å². The number of rotatable bonds is 6. The Balaban J connectivity index is 1.60. The lowest BCUT2D eigenvalue weighted by Crippen LogP contribution is -2.32. The number of hydrogen-bond donors (Lipinski definition) is 0. The summed E-state index contributed by atoms with van der Waals surface area (Å²) in [5, 5.41) is 4.36. The Morgan fingerprint density at radius 2 is 0.938 bits per heavy atom. The van der Waals surface area contributed by atoms with E-state index < -0.39 is 7.26 Å². The van der Waals surface area contributed by atoms with Crippen LogP contribution in [0.2, 0.25) is 0 Å². The normalized spacial score (nSPS) is 14.9. The Kier molecular flexibility index (Phi) is 6.51. The third-order valence-corrected chi connectivity index (χ3v) is 11.4. The fourth-order valence-corrected chi connectivity index (χ4v) is 9.62. The standard InChI is InChI=1S/C31H32P/c1-5-13-27(14-6-1)28-23-21-26(22-24-28)25-32(29-15-7-2-8-16-29,30-17-9-3-10-18-30)31-19-11-4-12-20-31/h2-4,7-12,15-24,27H,1,5-6,13-14,25H2/q+1. The van der Waals surface area contributed by atoms with Gasteiger partial charge < -0.3 is 0 Å². The lowest BCUT2D eigenvalue weighted by atomic mass is 9.84. The summed E-state index contributed by atoms with van der Waals surface area (Å²) in [6.45, 7) is 0. The number of hydrogen-bond acceptors (Lipinski definition) is 0. The molecule has 32 heavy (non-hydrogen) atoms. The van der Waals surface area contributed by atoms with Crippen molar-refractivity contribution in [1.82, 2.24) is 0 Å². The van der Waals surface area contributed by atoms with Crippen LogP contribution in [0.5, 0.6) is 0 Å². The molecule has 1 aliphatic rings. The maximum absolute atomic E-state index is 2.42. The molecule has 160 valence electrons. The zero-order valence-corrected chi connectivity index (χ0v) is 19.6. The van der Waals surface area contributed by atoms with Crippen LogP contribution in [-0.4, -0.2) is 0 Å². The summed E-state index contributed by atoms with van der Waals surface area (Å²) in [4.78, 5) is 0. The van der Waals surface area contributed by atoms with Crippen LogP contribution in [0.4, 0.5) is 0 Å². The van der Waals surface area contributed by atoms with E-state index in [2.05, 4.69) is 115 Å². The molecule has 0 aliphatic heterocycles. The highest BCUT2D eigenvalue weighted by Crippen LogP contribution is 2.58. The van der Waals surface area contributed by atoms with Gasteiger partial charge in [-0.3, -0.25) is 0 Å². The molecule has 0 aromatic heterocycles. The third kappa shape index (κ3) is 4.30. The van der Waals surface area contributed by atoms with E-state index in [-0.39, 0.29) is 0 Å². The molecule has 1 aliphatic carbocycles. The molecule has 0 nitrogen and oxygen atoms in total. The number of benzene rings is 4. The van der Waals surface area contributed by atoms with E-state index in [9.17, 15) is 0 Å². The Hall–Kier alpha value is -2.69. The highest BCUT2D eigenvalue weighted by atomic mass is 31.2. The minimum atomic E-state index is -1.82. The fraction of sp³-hybridized carbons (Fsp3) is 0.226. The predicted molar refractivity (Wildman–Crippen MR) is 141 cm³/mol. The second kappa shape index (κ2) is 9.85. The lowest BCUT2D eigenvalue weighted by molar-refractivity contribution is 0.443. The van der Waals surface area contributed by atoms with Crippen molar-refractivity contribution in [2.45, 2.75) is 44.2 Å². The Bertz CT molecular complexity index is 999. The largest absolute Gasteiger partial charge is 0.116 e. The molecule has 0 bridgehead atoms. The first-order valence-electron chi connectivity index (χ1n) is 12.0. The van der Waals surface area contributed by atoms with E-state index in [1.807, 2.05) is 0 Å². The van der Waals surface area contributed by atoms with Gasteiger partial charge in [-0.15, -0.1) is 0 Å². The molecule has 0 radical (unpaired) electrons. The van der Waals surface area contributed by atoms with Crippen molar-refractivity contribution in [3.8, 4) is 0 Å². The van der Waals surface area contributed by atoms with E-state index in [1.165, 1.54) is 59.1 Å². The van der Waals surface area contributed by atoms with Crippen molar-refractivity contribution in [1.29, 1.82) is 0 Å². The maximum Gasteiger partial charge on any atom is 0.116 e. The quantitative estimate of drug-likeness (QED) is 0.280. The van der Waals surface area contributed by atoms with Gasteiger partial charge in [0, 0.05) is 0 Å². The van der Waals surface area contributed by atoms with Crippen LogP contribution in [0.15, 0.2) is 115 Å². The summed E-state index contributed by atoms with van der Waals surface area (Å²) in [6, 6.07) is 43.3. The van der Waals surface area contributed by atoms with Gasteiger partial charge in [-0.05, 0) is 66.3 Å². The van der Waals surface area contributed by atoms with Gasteiger partial charge in [-0.2, -0.15) is 0 Å². The molecule has 0 N–H and O–H groups in total. The van der Waals surface area contributed by atoms with Crippen LogP contribution >= 0.6 is 7.26 Å². The molecule has 1 saturated carbocycles. The topological polar surface area (TPSA) is 0 Å². The molecule has 4 aromatic carbocycles. The van der Waals surface area contributed by atoms with Crippen molar-refractivity contribution < 1.29 is 0 Å². The van der Waals surface area contributed by atoms with Crippen LogP contribution in [0.1, 0.15) is 49.1 Å². The zero-order chi connectivity index (χ0) is 21.6. The zero-order valence-electron chi connectivity index (χ0n) is 18.7. The van der Waals surface area contributed by atoms with Crippen molar-refractivity contribution in [3.05, 3.63) is 126 Å². The highest BCUT2D eigenvalue weighted by molar-refractivity contribution is 7.95. The van der Waals surface area contributed by atoms with Crippen LogP contribution in [0, 0.1) is 0 Å². The average molecular weight is 436 g/mol. The SMILES string of the molecule is c1ccc([P+](Cc2ccc(C3CCCCC3)cc2)(c2ccccc2)c2ccccc2)cc1. The smallest absolute Gasteiger partial charge is 0.0620 e. The van der Waals surface area contributed by atoms with Crippen LogP contribution < -0.4 is 15.9 Å². The molecule has 0 spiro atoms. The molecule has 0 atom stereocenters. The van der Waals surface area contributed by atoms with Gasteiger partial charge in [-0.25, -0.2) is 0 Å². The van der Waals surface area contributed by atoms with E-state index in [0.29, 0.717) is 0 Å². The second-order valence-corrected chi connectivity index (χ2v) is 12.5. The minimum Gasteiger partial charge on any atom is -0.0620 e. The van der Waals surface area contributed by atoms with E-state index in [1.54, 1.807) is 0 Å². The van der Waals surface area contributed by atoms with Crippen LogP contribution in [0.25, 0.3) is 0 Å². The summed E-state index contributed by atoms with van der Waals surface area (Å²) in [6.07, 6.45) is 7.94. The summed E-state index contributed by atoms with van der Waals surface area (Å²) in [7, 11) is -1.82. The second-order valence-electron chi connectivity index (χ2n) is 9.05. The van der Waals surface area contributed by atoms with Crippen molar-refractivity contribution in [3.63, 3.8) is 0 Å². The summed E-state index contributed by atoms with van der Waals surface area (Å²) in [5.74, 6) is 0.759. The van der Waals surface area contributed by atoms with Crippen LogP contribution in [0.3, 0.4) is 0 Å². The average Bonchev–Trinajstić information content (AvgIpc) is 2.90. The minimum absolute atomic E-state index is 0.759. The maximum atomic E-state index is 2.42. The summed E-state index contributed by atoms with van der Waals surface area (Å²) >= 11 is 0. The Morgan fingerprint density at radius 1 is 0.500 bits per heavy atom. The molecular weight excluding hydrogens is 403 g/mol. The molecule has 1 fully saturated rings. The first-order chi connectivity index (χ1) is 15.9. The van der Waals surface area contributed by atoms with Crippen LogP contribution in [-0.2, 0) is 6.16 Å². The van der Waals surface area contributed by atoms with Gasteiger partial charge in [0.2, 0.25) is 0 Å². The molecular formula is C31H32P+. The summed E-state index contributed by atoms with van der Waals surface area (Å²) < 4.78 is 0. The fourth-order valence-electron chi connectivity index (χ4n) is 5.37. The van der Waals surface area contributed by atoms with Crippen molar-refractivity contribution in [2.75, 3.05) is 0 Å². The van der Waals surface area contributed by atoms with E-state index >= 15 is 0 Å². The Labute approximate surface area is 193 Å².